The van der Waals surface area contributed by atoms with Gasteiger partial charge in [0.15, 0.2) is 5.82 Å². The Balaban J connectivity index is 2.32. The molecule has 0 bridgehead atoms. The molecule has 0 aliphatic carbocycles. The van der Waals surface area contributed by atoms with E-state index in [9.17, 15) is 23.2 Å². The third-order valence-corrected chi connectivity index (χ3v) is 6.44. The van der Waals surface area contributed by atoms with Crippen molar-refractivity contribution in [3.05, 3.63) is 40.8 Å². The number of aromatic nitrogens is 4. The fourth-order valence-corrected chi connectivity index (χ4v) is 4.60. The summed E-state index contributed by atoms with van der Waals surface area (Å²) in [4.78, 5) is 16.1. The molecule has 0 spiro atoms. The molecular formula is C24H30ClF3N8O. The van der Waals surface area contributed by atoms with Gasteiger partial charge in [-0.2, -0.15) is 28.6 Å². The number of aryl methyl sites for hydroxylation is 1. The van der Waals surface area contributed by atoms with Crippen LogP contribution in [0.3, 0.4) is 0 Å². The van der Waals surface area contributed by atoms with Gasteiger partial charge in [0, 0.05) is 25.2 Å². The van der Waals surface area contributed by atoms with Crippen LogP contribution < -0.4 is 10.6 Å². The Morgan fingerprint density at radius 1 is 1.38 bits per heavy atom. The Hall–Kier alpha value is -3.46. The topological polar surface area (TPSA) is 109 Å². The summed E-state index contributed by atoms with van der Waals surface area (Å²) >= 11 is 6.44. The van der Waals surface area contributed by atoms with Crippen LogP contribution in [0.4, 0.5) is 19.0 Å². The summed E-state index contributed by atoms with van der Waals surface area (Å²) in [6.07, 6.45) is 1.47. The normalized spacial score (nSPS) is 16.3. The first kappa shape index (κ1) is 28.1. The summed E-state index contributed by atoms with van der Waals surface area (Å²) < 4.78 is 43.3. The van der Waals surface area contributed by atoms with Gasteiger partial charge in [-0.05, 0) is 40.2 Å². The molecule has 0 saturated heterocycles. The van der Waals surface area contributed by atoms with Crippen LogP contribution in [0.1, 0.15) is 59.1 Å². The van der Waals surface area contributed by atoms with Crippen molar-refractivity contribution in [1.82, 2.24) is 24.5 Å². The van der Waals surface area contributed by atoms with Crippen LogP contribution in [0.5, 0.6) is 0 Å². The van der Waals surface area contributed by atoms with E-state index in [-0.39, 0.29) is 53.6 Å². The predicted molar refractivity (Wildman–Crippen MR) is 134 cm³/mol. The third kappa shape index (κ3) is 5.05. The first-order valence-electron chi connectivity index (χ1n) is 11.9. The lowest BCUT2D eigenvalue weighted by atomic mass is 10.0. The molecule has 1 aliphatic heterocycles. The monoisotopic (exact) mass is 538 g/mol. The van der Waals surface area contributed by atoms with Crippen LogP contribution >= 0.6 is 11.6 Å². The number of nitrogens with zero attached hydrogens (tertiary/aromatic N) is 7. The maximum absolute atomic E-state index is 13.5. The van der Waals surface area contributed by atoms with E-state index < -0.39 is 17.5 Å². The van der Waals surface area contributed by atoms with E-state index in [0.717, 1.165) is 6.20 Å². The number of fused-ring (bicyclic) bond motifs is 1. The number of amides is 1. The molecule has 0 saturated carbocycles. The molecule has 0 fully saturated rings. The van der Waals surface area contributed by atoms with E-state index in [1.54, 1.807) is 30.7 Å². The van der Waals surface area contributed by atoms with Gasteiger partial charge in [-0.3, -0.25) is 14.4 Å². The highest BCUT2D eigenvalue weighted by atomic mass is 35.5. The van der Waals surface area contributed by atoms with Crippen molar-refractivity contribution in [2.24, 2.45) is 5.73 Å². The van der Waals surface area contributed by atoms with E-state index in [4.69, 9.17) is 17.3 Å². The first-order valence-corrected chi connectivity index (χ1v) is 12.3. The number of hydrogen-bond acceptors (Lipinski definition) is 6. The molecule has 1 atom stereocenters. The van der Waals surface area contributed by atoms with E-state index in [1.807, 2.05) is 20.8 Å². The van der Waals surface area contributed by atoms with Crippen LogP contribution in [0, 0.1) is 11.3 Å². The van der Waals surface area contributed by atoms with Crippen molar-refractivity contribution in [2.45, 2.75) is 71.9 Å². The lowest BCUT2D eigenvalue weighted by Crippen LogP contribution is -2.60. The fraction of sp³-hybridized carbons (Fsp3) is 0.500. The Labute approximate surface area is 218 Å². The maximum Gasteiger partial charge on any atom is 0.432 e. The number of carbonyl (C=O) groups excluding carboxylic acids is 1. The molecule has 2 aromatic rings. The predicted octanol–water partition coefficient (Wildman–Crippen LogP) is 4.96. The molecule has 0 radical (unpaired) electrons. The number of nitriles is 1. The molecule has 13 heteroatoms. The average molecular weight is 539 g/mol. The Morgan fingerprint density at radius 2 is 2.05 bits per heavy atom. The highest BCUT2D eigenvalue weighted by Gasteiger charge is 2.45. The molecule has 1 unspecified atom stereocenters. The second-order valence-corrected chi connectivity index (χ2v) is 9.42. The van der Waals surface area contributed by atoms with Gasteiger partial charge in [0.05, 0.1) is 17.8 Å². The zero-order valence-corrected chi connectivity index (χ0v) is 22.1. The number of allylic oxidation sites excluding steroid dienone is 2. The molecule has 200 valence electrons. The molecule has 1 amide bonds. The molecule has 9 nitrogen and oxygen atoms in total. The van der Waals surface area contributed by atoms with E-state index in [0.29, 0.717) is 12.1 Å². The van der Waals surface area contributed by atoms with Crippen LogP contribution in [0.25, 0.3) is 11.4 Å². The zero-order chi connectivity index (χ0) is 27.7. The molecule has 2 aromatic heterocycles. The van der Waals surface area contributed by atoms with Crippen LogP contribution in [0.15, 0.2) is 30.2 Å². The van der Waals surface area contributed by atoms with Crippen LogP contribution in [-0.4, -0.2) is 48.8 Å². The molecular weight excluding hydrogens is 509 g/mol. The molecule has 2 N–H and O–H groups in total. The van der Waals surface area contributed by atoms with Crippen molar-refractivity contribution in [3.63, 3.8) is 0 Å². The smallest absolute Gasteiger partial charge is 0.394 e. The average Bonchev–Trinajstić information content (AvgIpc) is 3.39. The summed E-state index contributed by atoms with van der Waals surface area (Å²) in [7, 11) is 0. The quantitative estimate of drug-likeness (QED) is 0.476. The lowest BCUT2D eigenvalue weighted by Gasteiger charge is -2.47. The first-order chi connectivity index (χ1) is 17.3. The maximum atomic E-state index is 13.5. The minimum Gasteiger partial charge on any atom is -0.394 e. The van der Waals surface area contributed by atoms with Gasteiger partial charge in [-0.25, -0.2) is 4.68 Å². The SMILES string of the molecule is CC/C=C\C(C)(N(/C=C(\N)C(F)(F)F)CC)N1C(=O)CCn2nc(-c3c(Cl)cnn3C(C)C)c(C#N)c21. The number of halogens is 4. The van der Waals surface area contributed by atoms with Crippen molar-refractivity contribution in [2.75, 3.05) is 11.4 Å². The minimum absolute atomic E-state index is 0.0295. The second kappa shape index (κ2) is 10.5. The summed E-state index contributed by atoms with van der Waals surface area (Å²) in [5, 5.41) is 19.4. The van der Waals surface area contributed by atoms with Gasteiger partial charge in [0.1, 0.15) is 34.4 Å². The van der Waals surface area contributed by atoms with Crippen molar-refractivity contribution in [1.29, 1.82) is 5.26 Å². The zero-order valence-electron chi connectivity index (χ0n) is 21.3. The van der Waals surface area contributed by atoms with Crippen LogP contribution in [-0.2, 0) is 11.3 Å². The molecule has 0 aromatic carbocycles. The number of likely N-dealkylation sites (N-methyl/N-ethyl adjacent to an activating group) is 1. The number of alkyl halides is 3. The Morgan fingerprint density at radius 3 is 2.59 bits per heavy atom. The number of nitrogens with two attached hydrogens (primary N) is 1. The van der Waals surface area contributed by atoms with E-state index in [2.05, 4.69) is 16.3 Å². The standard InChI is InChI=1S/C24H30ClF3N8O/c1-6-8-10-23(5,33(7-2)14-18(30)24(26,27)28)35-19(37)9-11-34-22(35)16(12-29)20(32-34)21-17(25)13-31-36(21)15(3)4/h8,10,13-15H,6-7,9,11,30H2,1-5H3/b10-8-,18-14-. The highest BCUT2D eigenvalue weighted by molar-refractivity contribution is 6.33. The fourth-order valence-electron chi connectivity index (χ4n) is 4.38. The van der Waals surface area contributed by atoms with Gasteiger partial charge in [-0.1, -0.05) is 24.6 Å². The summed E-state index contributed by atoms with van der Waals surface area (Å²) in [5.41, 5.74) is 3.34. The highest BCUT2D eigenvalue weighted by Crippen LogP contribution is 2.41. The van der Waals surface area contributed by atoms with Gasteiger partial charge in [-0.15, -0.1) is 0 Å². The Bertz CT molecular complexity index is 1270. The number of anilines is 1. The van der Waals surface area contributed by atoms with Gasteiger partial charge in [0.2, 0.25) is 5.91 Å². The van der Waals surface area contributed by atoms with Gasteiger partial charge < -0.3 is 10.6 Å². The lowest BCUT2D eigenvalue weighted by molar-refractivity contribution is -0.121. The molecule has 1 aliphatic rings. The van der Waals surface area contributed by atoms with Crippen molar-refractivity contribution in [3.8, 4) is 17.5 Å². The number of rotatable bonds is 8. The summed E-state index contributed by atoms with van der Waals surface area (Å²) in [5.74, 6) is -0.207. The number of hydrogen-bond donors (Lipinski definition) is 1. The second-order valence-electron chi connectivity index (χ2n) is 9.01. The van der Waals surface area contributed by atoms with Crippen molar-refractivity contribution >= 4 is 23.3 Å². The summed E-state index contributed by atoms with van der Waals surface area (Å²) in [6, 6.07) is 2.04. The summed E-state index contributed by atoms with van der Waals surface area (Å²) in [6.45, 7) is 9.19. The van der Waals surface area contributed by atoms with Crippen molar-refractivity contribution < 1.29 is 18.0 Å². The molecule has 3 rings (SSSR count). The van der Waals surface area contributed by atoms with Gasteiger partial charge in [0.25, 0.3) is 0 Å². The third-order valence-electron chi connectivity index (χ3n) is 6.17. The molecule has 3 heterocycles. The van der Waals surface area contributed by atoms with E-state index >= 15 is 0 Å². The minimum atomic E-state index is -4.76. The van der Waals surface area contributed by atoms with Crippen LogP contribution in [0.2, 0.25) is 5.02 Å². The number of carbonyl (C=O) groups is 1. The van der Waals surface area contributed by atoms with E-state index in [1.165, 1.54) is 20.7 Å². The Kier molecular flexibility index (Phi) is 7.97. The van der Waals surface area contributed by atoms with Gasteiger partial charge >= 0.3 is 6.18 Å². The molecule has 37 heavy (non-hydrogen) atoms. The largest absolute Gasteiger partial charge is 0.432 e.